The highest BCUT2D eigenvalue weighted by Crippen LogP contribution is 2.60. The summed E-state index contributed by atoms with van der Waals surface area (Å²) in [6.45, 7) is 4.46. The van der Waals surface area contributed by atoms with E-state index in [-0.39, 0.29) is 5.91 Å². The minimum Gasteiger partial charge on any atom is -0.296 e. The fourth-order valence-electron chi connectivity index (χ4n) is 3.94. The van der Waals surface area contributed by atoms with Crippen LogP contribution in [0, 0.1) is 0 Å². The fourth-order valence-corrected chi connectivity index (χ4v) is 7.92. The van der Waals surface area contributed by atoms with Gasteiger partial charge in [0.2, 0.25) is 5.91 Å². The van der Waals surface area contributed by atoms with Crippen LogP contribution < -0.4 is 21.2 Å². The quantitative estimate of drug-likeness (QED) is 0.426. The SMILES string of the molecule is C=C(NC(=O)Cc1ccccc1)[P+](c1ccccc1)(c1ccccc1)c1ccccc1. The monoisotopic (exact) mass is 422 g/mol. The molecule has 0 aliphatic heterocycles. The molecule has 152 valence electrons. The number of amides is 1. The van der Waals surface area contributed by atoms with Crippen molar-refractivity contribution in [1.82, 2.24) is 5.32 Å². The van der Waals surface area contributed by atoms with Crippen molar-refractivity contribution in [3.05, 3.63) is 139 Å². The van der Waals surface area contributed by atoms with Gasteiger partial charge in [-0.3, -0.25) is 10.1 Å². The number of rotatable bonds is 7. The maximum Gasteiger partial charge on any atom is 0.231 e. The topological polar surface area (TPSA) is 29.1 Å². The molecule has 1 N–H and O–H groups in total. The average molecular weight is 422 g/mol. The van der Waals surface area contributed by atoms with Crippen molar-refractivity contribution in [2.75, 3.05) is 0 Å². The fraction of sp³-hybridized carbons (Fsp3) is 0.0357. The van der Waals surface area contributed by atoms with Gasteiger partial charge < -0.3 is 0 Å². The van der Waals surface area contributed by atoms with E-state index in [1.54, 1.807) is 0 Å². The maximum atomic E-state index is 13.0. The van der Waals surface area contributed by atoms with Crippen molar-refractivity contribution >= 4 is 29.1 Å². The molecular formula is C28H25NOP+. The molecule has 1 amide bonds. The van der Waals surface area contributed by atoms with Gasteiger partial charge in [-0.25, -0.2) is 0 Å². The van der Waals surface area contributed by atoms with Gasteiger partial charge in [-0.1, -0.05) is 84.9 Å². The number of benzene rings is 4. The van der Waals surface area contributed by atoms with Gasteiger partial charge in [-0.2, -0.15) is 0 Å². The normalized spacial score (nSPS) is 11.0. The molecule has 0 saturated carbocycles. The van der Waals surface area contributed by atoms with Crippen LogP contribution in [0.5, 0.6) is 0 Å². The van der Waals surface area contributed by atoms with Crippen LogP contribution in [0.4, 0.5) is 0 Å². The molecule has 0 aromatic heterocycles. The van der Waals surface area contributed by atoms with E-state index in [4.69, 9.17) is 0 Å². The minimum absolute atomic E-state index is 0.0524. The lowest BCUT2D eigenvalue weighted by molar-refractivity contribution is -0.119. The van der Waals surface area contributed by atoms with Crippen LogP contribution in [0.3, 0.4) is 0 Å². The summed E-state index contributed by atoms with van der Waals surface area (Å²) in [6.07, 6.45) is 0.318. The van der Waals surface area contributed by atoms with E-state index in [0.717, 1.165) is 26.9 Å². The number of carbonyl (C=O) groups excluding carboxylic acids is 1. The van der Waals surface area contributed by atoms with Crippen molar-refractivity contribution in [2.24, 2.45) is 0 Å². The smallest absolute Gasteiger partial charge is 0.231 e. The first-order valence-electron chi connectivity index (χ1n) is 10.3. The molecule has 0 atom stereocenters. The number of hydrogen-bond donors (Lipinski definition) is 1. The van der Waals surface area contributed by atoms with Crippen LogP contribution in [-0.4, -0.2) is 5.91 Å². The molecule has 0 unspecified atom stereocenters. The molecule has 3 heteroatoms. The number of carbonyl (C=O) groups is 1. The molecule has 31 heavy (non-hydrogen) atoms. The molecule has 0 saturated heterocycles. The summed E-state index contributed by atoms with van der Waals surface area (Å²) < 4.78 is 0. The van der Waals surface area contributed by atoms with Crippen molar-refractivity contribution in [3.63, 3.8) is 0 Å². The Morgan fingerprint density at radius 3 is 1.35 bits per heavy atom. The predicted molar refractivity (Wildman–Crippen MR) is 133 cm³/mol. The molecule has 0 bridgehead atoms. The third kappa shape index (κ3) is 4.35. The first kappa shape index (κ1) is 20.8. The second-order valence-electron chi connectivity index (χ2n) is 7.33. The van der Waals surface area contributed by atoms with Crippen molar-refractivity contribution in [1.29, 1.82) is 0 Å². The summed E-state index contributed by atoms with van der Waals surface area (Å²) >= 11 is 0. The zero-order valence-corrected chi connectivity index (χ0v) is 18.2. The Labute approximate surface area is 184 Å². The van der Waals surface area contributed by atoms with Crippen molar-refractivity contribution in [3.8, 4) is 0 Å². The third-order valence-electron chi connectivity index (χ3n) is 5.33. The summed E-state index contributed by atoms with van der Waals surface area (Å²) in [7, 11) is -2.33. The molecular weight excluding hydrogens is 397 g/mol. The number of hydrogen-bond acceptors (Lipinski definition) is 1. The highest BCUT2D eigenvalue weighted by molar-refractivity contribution is 7.98. The summed E-state index contributed by atoms with van der Waals surface area (Å²) in [4.78, 5) is 13.0. The third-order valence-corrected chi connectivity index (χ3v) is 9.47. The van der Waals surface area contributed by atoms with E-state index >= 15 is 0 Å². The molecule has 0 fully saturated rings. The largest absolute Gasteiger partial charge is 0.296 e. The van der Waals surface area contributed by atoms with E-state index in [0.29, 0.717) is 6.42 Å². The molecule has 0 aliphatic rings. The Bertz CT molecular complexity index is 1050. The Morgan fingerprint density at radius 2 is 0.968 bits per heavy atom. The van der Waals surface area contributed by atoms with Crippen LogP contribution >= 0.6 is 7.26 Å². The van der Waals surface area contributed by atoms with Gasteiger partial charge in [-0.05, 0) is 48.5 Å². The van der Waals surface area contributed by atoms with Crippen LogP contribution in [0.25, 0.3) is 0 Å². The van der Waals surface area contributed by atoms with E-state index in [2.05, 4.69) is 84.7 Å². The zero-order chi connectivity index (χ0) is 21.5. The first-order chi connectivity index (χ1) is 15.2. The predicted octanol–water partition coefficient (Wildman–Crippen LogP) is 4.81. The minimum atomic E-state index is -2.33. The summed E-state index contributed by atoms with van der Waals surface area (Å²) in [5, 5.41) is 6.67. The Balaban J connectivity index is 1.82. The standard InChI is InChI=1S/C28H24NOP/c1-23(29-28(30)22-24-14-6-2-7-15-24)31(25-16-8-3-9-17-25,26-18-10-4-11-19-26)27-20-12-5-13-21-27/h2-21H,1,22H2/p+1. The Morgan fingerprint density at radius 1 is 0.613 bits per heavy atom. The highest BCUT2D eigenvalue weighted by Gasteiger charge is 2.49. The van der Waals surface area contributed by atoms with Crippen LogP contribution in [-0.2, 0) is 11.2 Å². The lowest BCUT2D eigenvalue weighted by atomic mass is 10.1. The molecule has 0 radical (unpaired) electrons. The maximum absolute atomic E-state index is 13.0. The van der Waals surface area contributed by atoms with Crippen LogP contribution in [0.1, 0.15) is 5.56 Å². The molecule has 0 aliphatic carbocycles. The van der Waals surface area contributed by atoms with Gasteiger partial charge in [0.15, 0.2) is 12.7 Å². The summed E-state index contributed by atoms with van der Waals surface area (Å²) in [5.74, 6) is -0.0524. The summed E-state index contributed by atoms with van der Waals surface area (Å²) in [5.41, 5.74) is 1.73. The molecule has 0 heterocycles. The van der Waals surface area contributed by atoms with Gasteiger partial charge >= 0.3 is 0 Å². The lowest BCUT2D eigenvalue weighted by Gasteiger charge is -2.28. The molecule has 4 rings (SSSR count). The van der Waals surface area contributed by atoms with E-state index in [1.807, 2.05) is 48.5 Å². The van der Waals surface area contributed by atoms with Gasteiger partial charge in [-0.15, -0.1) is 0 Å². The highest BCUT2D eigenvalue weighted by atomic mass is 31.2. The first-order valence-corrected chi connectivity index (χ1v) is 12.1. The van der Waals surface area contributed by atoms with E-state index in [9.17, 15) is 4.79 Å². The second-order valence-corrected chi connectivity index (χ2v) is 10.8. The number of nitrogens with one attached hydrogen (secondary N) is 1. The van der Waals surface area contributed by atoms with E-state index < -0.39 is 7.26 Å². The van der Waals surface area contributed by atoms with Crippen LogP contribution in [0.2, 0.25) is 0 Å². The zero-order valence-electron chi connectivity index (χ0n) is 17.3. The lowest BCUT2D eigenvalue weighted by Crippen LogP contribution is -2.38. The van der Waals surface area contributed by atoms with Gasteiger partial charge in [0.25, 0.3) is 0 Å². The molecule has 4 aromatic rings. The van der Waals surface area contributed by atoms with Gasteiger partial charge in [0.1, 0.15) is 15.9 Å². The van der Waals surface area contributed by atoms with Crippen molar-refractivity contribution < 1.29 is 4.79 Å². The second kappa shape index (κ2) is 9.55. The molecule has 0 spiro atoms. The molecule has 2 nitrogen and oxygen atoms in total. The van der Waals surface area contributed by atoms with Crippen LogP contribution in [0.15, 0.2) is 133 Å². The summed E-state index contributed by atoms with van der Waals surface area (Å²) in [6, 6.07) is 41.0. The molecule has 4 aromatic carbocycles. The van der Waals surface area contributed by atoms with Gasteiger partial charge in [0, 0.05) is 0 Å². The average Bonchev–Trinajstić information content (AvgIpc) is 2.82. The van der Waals surface area contributed by atoms with Crippen molar-refractivity contribution in [2.45, 2.75) is 6.42 Å². The Hall–Kier alpha value is -3.48. The van der Waals surface area contributed by atoms with E-state index in [1.165, 1.54) is 0 Å². The Kier molecular flexibility index (Phi) is 6.40. The van der Waals surface area contributed by atoms with Gasteiger partial charge in [0.05, 0.1) is 6.42 Å².